The molecule has 1 aromatic heterocycles. The van der Waals surface area contributed by atoms with Gasteiger partial charge in [0.15, 0.2) is 0 Å². The summed E-state index contributed by atoms with van der Waals surface area (Å²) in [5.41, 5.74) is 0.577. The molecule has 96 valence electrons. The molecule has 1 aliphatic heterocycles. The van der Waals surface area contributed by atoms with E-state index in [1.54, 1.807) is 6.07 Å². The number of carbonyl (C=O) groups is 2. The van der Waals surface area contributed by atoms with E-state index in [9.17, 15) is 9.59 Å². The van der Waals surface area contributed by atoms with Gasteiger partial charge in [-0.15, -0.1) is 0 Å². The summed E-state index contributed by atoms with van der Waals surface area (Å²) >= 11 is 9.00. The second kappa shape index (κ2) is 5.67. The minimum atomic E-state index is -0.197. The Morgan fingerprint density at radius 2 is 2.39 bits per heavy atom. The SMILES string of the molecule is O=C1CCC(C(=O)Nc2cnc(Cl)c(Br)c2)CN1. The summed E-state index contributed by atoms with van der Waals surface area (Å²) in [5, 5.41) is 5.77. The monoisotopic (exact) mass is 331 g/mol. The van der Waals surface area contributed by atoms with Crippen LogP contribution in [0.15, 0.2) is 16.7 Å². The van der Waals surface area contributed by atoms with Gasteiger partial charge in [0.2, 0.25) is 11.8 Å². The predicted molar refractivity (Wildman–Crippen MR) is 71.3 cm³/mol. The number of halogens is 2. The van der Waals surface area contributed by atoms with E-state index in [0.29, 0.717) is 34.7 Å². The Kier molecular flexibility index (Phi) is 4.19. The average Bonchev–Trinajstić information content (AvgIpc) is 2.34. The number of rotatable bonds is 2. The minimum Gasteiger partial charge on any atom is -0.355 e. The first-order valence-corrected chi connectivity index (χ1v) is 6.62. The maximum absolute atomic E-state index is 11.9. The van der Waals surface area contributed by atoms with Crippen molar-refractivity contribution in [1.82, 2.24) is 10.3 Å². The van der Waals surface area contributed by atoms with Crippen molar-refractivity contribution in [3.8, 4) is 0 Å². The summed E-state index contributed by atoms with van der Waals surface area (Å²) in [4.78, 5) is 26.9. The molecule has 2 rings (SSSR count). The van der Waals surface area contributed by atoms with Crippen LogP contribution in [0.4, 0.5) is 5.69 Å². The van der Waals surface area contributed by atoms with Crippen LogP contribution in [0.3, 0.4) is 0 Å². The van der Waals surface area contributed by atoms with Crippen molar-refractivity contribution in [2.45, 2.75) is 12.8 Å². The van der Waals surface area contributed by atoms with Crippen molar-refractivity contribution in [1.29, 1.82) is 0 Å². The van der Waals surface area contributed by atoms with E-state index < -0.39 is 0 Å². The lowest BCUT2D eigenvalue weighted by molar-refractivity contribution is -0.126. The Balaban J connectivity index is 1.98. The number of carbonyl (C=O) groups excluding carboxylic acids is 2. The molecule has 0 aliphatic carbocycles. The molecule has 0 spiro atoms. The number of piperidine rings is 1. The Morgan fingerprint density at radius 3 is 3.00 bits per heavy atom. The molecule has 0 radical (unpaired) electrons. The van der Waals surface area contributed by atoms with E-state index in [1.165, 1.54) is 6.20 Å². The molecule has 5 nitrogen and oxygen atoms in total. The number of anilines is 1. The van der Waals surface area contributed by atoms with E-state index in [-0.39, 0.29) is 17.7 Å². The van der Waals surface area contributed by atoms with Crippen molar-refractivity contribution in [2.75, 3.05) is 11.9 Å². The molecule has 7 heteroatoms. The summed E-state index contributed by atoms with van der Waals surface area (Å²) in [5.74, 6) is -0.321. The number of amides is 2. The van der Waals surface area contributed by atoms with Gasteiger partial charge in [-0.2, -0.15) is 0 Å². The normalized spacial score (nSPS) is 19.2. The quantitative estimate of drug-likeness (QED) is 0.813. The highest BCUT2D eigenvalue weighted by Crippen LogP contribution is 2.23. The zero-order valence-electron chi connectivity index (χ0n) is 9.37. The van der Waals surface area contributed by atoms with Crippen LogP contribution in [-0.4, -0.2) is 23.3 Å². The van der Waals surface area contributed by atoms with Gasteiger partial charge < -0.3 is 10.6 Å². The van der Waals surface area contributed by atoms with E-state index in [2.05, 4.69) is 31.5 Å². The highest BCUT2D eigenvalue weighted by Gasteiger charge is 2.24. The molecule has 1 saturated heterocycles. The van der Waals surface area contributed by atoms with Crippen LogP contribution in [0.1, 0.15) is 12.8 Å². The zero-order chi connectivity index (χ0) is 13.1. The molecule has 0 bridgehead atoms. The Hall–Kier alpha value is -1.14. The van der Waals surface area contributed by atoms with E-state index in [0.717, 1.165) is 0 Å². The number of hydrogen-bond acceptors (Lipinski definition) is 3. The van der Waals surface area contributed by atoms with Crippen LogP contribution in [0.5, 0.6) is 0 Å². The number of nitrogens with zero attached hydrogens (tertiary/aromatic N) is 1. The first-order chi connectivity index (χ1) is 8.56. The Morgan fingerprint density at radius 1 is 1.61 bits per heavy atom. The summed E-state index contributed by atoms with van der Waals surface area (Å²) in [6.45, 7) is 0.382. The number of pyridine rings is 1. The second-order valence-corrected chi connectivity index (χ2v) is 5.24. The first kappa shape index (κ1) is 13.3. The van der Waals surface area contributed by atoms with Gasteiger partial charge in [0.25, 0.3) is 0 Å². The van der Waals surface area contributed by atoms with Crippen LogP contribution in [0, 0.1) is 5.92 Å². The molecule has 1 aliphatic rings. The van der Waals surface area contributed by atoms with Gasteiger partial charge in [0.1, 0.15) is 5.15 Å². The predicted octanol–water partition coefficient (Wildman–Crippen LogP) is 1.96. The average molecular weight is 333 g/mol. The van der Waals surface area contributed by atoms with Gasteiger partial charge in [0.05, 0.1) is 22.3 Å². The van der Waals surface area contributed by atoms with E-state index in [4.69, 9.17) is 11.6 Å². The maximum atomic E-state index is 11.9. The molecule has 18 heavy (non-hydrogen) atoms. The fraction of sp³-hybridized carbons (Fsp3) is 0.364. The lowest BCUT2D eigenvalue weighted by Gasteiger charge is -2.21. The fourth-order valence-corrected chi connectivity index (χ4v) is 2.14. The smallest absolute Gasteiger partial charge is 0.229 e. The molecule has 0 aromatic carbocycles. The molecule has 2 amide bonds. The van der Waals surface area contributed by atoms with Crippen molar-refractivity contribution < 1.29 is 9.59 Å². The molecule has 1 atom stereocenters. The van der Waals surface area contributed by atoms with Gasteiger partial charge >= 0.3 is 0 Å². The molecule has 2 N–H and O–H groups in total. The molecular weight excluding hydrogens is 321 g/mol. The number of aromatic nitrogens is 1. The summed E-state index contributed by atoms with van der Waals surface area (Å²) in [6.07, 6.45) is 2.45. The topological polar surface area (TPSA) is 71.1 Å². The molecule has 2 heterocycles. The Bertz CT molecular complexity index is 485. The lowest BCUT2D eigenvalue weighted by atomic mass is 9.98. The number of hydrogen-bond donors (Lipinski definition) is 2. The van der Waals surface area contributed by atoms with Crippen molar-refractivity contribution in [3.63, 3.8) is 0 Å². The van der Waals surface area contributed by atoms with Gasteiger partial charge in [-0.1, -0.05) is 11.6 Å². The fourth-order valence-electron chi connectivity index (χ4n) is 1.69. The largest absolute Gasteiger partial charge is 0.355 e. The van der Waals surface area contributed by atoms with Crippen LogP contribution in [-0.2, 0) is 9.59 Å². The molecule has 0 saturated carbocycles. The van der Waals surface area contributed by atoms with Crippen LogP contribution >= 0.6 is 27.5 Å². The molecule has 1 fully saturated rings. The molecular formula is C11H11BrClN3O2. The third-order valence-corrected chi connectivity index (χ3v) is 3.83. The zero-order valence-corrected chi connectivity index (χ0v) is 11.7. The summed E-state index contributed by atoms with van der Waals surface area (Å²) < 4.78 is 0.624. The first-order valence-electron chi connectivity index (χ1n) is 5.45. The maximum Gasteiger partial charge on any atom is 0.229 e. The standard InChI is InChI=1S/C11H11BrClN3O2/c12-8-3-7(5-15-10(8)13)16-11(18)6-1-2-9(17)14-4-6/h3,5-6H,1-2,4H2,(H,14,17)(H,16,18). The van der Waals surface area contributed by atoms with Crippen molar-refractivity contribution in [3.05, 3.63) is 21.9 Å². The summed E-state index contributed by atoms with van der Waals surface area (Å²) in [6, 6.07) is 1.69. The third kappa shape index (κ3) is 3.20. The molecule has 1 unspecified atom stereocenters. The van der Waals surface area contributed by atoms with E-state index >= 15 is 0 Å². The van der Waals surface area contributed by atoms with Gasteiger partial charge in [-0.3, -0.25) is 9.59 Å². The minimum absolute atomic E-state index is 0.00467. The summed E-state index contributed by atoms with van der Waals surface area (Å²) in [7, 11) is 0. The Labute approximate surface area is 117 Å². The van der Waals surface area contributed by atoms with Gasteiger partial charge in [0, 0.05) is 13.0 Å². The van der Waals surface area contributed by atoms with E-state index in [1.807, 2.05) is 0 Å². The van der Waals surface area contributed by atoms with Crippen LogP contribution < -0.4 is 10.6 Å². The van der Waals surface area contributed by atoms with Gasteiger partial charge in [-0.05, 0) is 28.4 Å². The van der Waals surface area contributed by atoms with Crippen molar-refractivity contribution >= 4 is 45.0 Å². The number of nitrogens with one attached hydrogen (secondary N) is 2. The third-order valence-electron chi connectivity index (χ3n) is 2.70. The molecule has 1 aromatic rings. The van der Waals surface area contributed by atoms with Crippen LogP contribution in [0.25, 0.3) is 0 Å². The lowest BCUT2D eigenvalue weighted by Crippen LogP contribution is -2.40. The highest BCUT2D eigenvalue weighted by atomic mass is 79.9. The highest BCUT2D eigenvalue weighted by molar-refractivity contribution is 9.10. The van der Waals surface area contributed by atoms with Crippen molar-refractivity contribution in [2.24, 2.45) is 5.92 Å². The van der Waals surface area contributed by atoms with Gasteiger partial charge in [-0.25, -0.2) is 4.98 Å². The second-order valence-electron chi connectivity index (χ2n) is 4.03. The van der Waals surface area contributed by atoms with Crippen LogP contribution in [0.2, 0.25) is 5.15 Å².